The number of amides is 2. The highest BCUT2D eigenvalue weighted by molar-refractivity contribution is 5.91. The first-order valence-corrected chi connectivity index (χ1v) is 28.8. The molecule has 0 spiro atoms. The van der Waals surface area contributed by atoms with Gasteiger partial charge in [0, 0.05) is 76.1 Å². The van der Waals surface area contributed by atoms with Gasteiger partial charge in [0.2, 0.25) is 17.6 Å². The van der Waals surface area contributed by atoms with E-state index < -0.39 is 65.9 Å². The number of nitrogens with zero attached hydrogens (tertiary/aromatic N) is 6. The lowest BCUT2D eigenvalue weighted by atomic mass is 9.76. The van der Waals surface area contributed by atoms with Gasteiger partial charge in [0.15, 0.2) is 5.82 Å². The van der Waals surface area contributed by atoms with Crippen molar-refractivity contribution < 1.29 is 52.8 Å². The van der Waals surface area contributed by atoms with Gasteiger partial charge in [-0.1, -0.05) is 130 Å². The van der Waals surface area contributed by atoms with Crippen molar-refractivity contribution in [1.29, 1.82) is 0 Å². The highest BCUT2D eigenvalue weighted by atomic mass is 16.5. The number of anilines is 1. The summed E-state index contributed by atoms with van der Waals surface area (Å²) in [5, 5.41) is 27.7. The number of rotatable bonds is 31. The Hall–Kier alpha value is -6.50. The number of ketones is 2. The van der Waals surface area contributed by atoms with E-state index >= 15 is 0 Å². The van der Waals surface area contributed by atoms with E-state index in [0.29, 0.717) is 60.0 Å². The maximum Gasteiger partial charge on any atom is 0.314 e. The molecule has 12 atom stereocenters. The molecule has 2 heterocycles. The summed E-state index contributed by atoms with van der Waals surface area (Å²) >= 11 is 0. The van der Waals surface area contributed by atoms with Crippen molar-refractivity contribution in [3.8, 4) is 17.1 Å². The number of hydrogen-bond acceptors (Lipinski definition) is 16. The zero-order valence-electron chi connectivity index (χ0n) is 49.9. The molecule has 1 saturated heterocycles. The Kier molecular flexibility index (Phi) is 25.1. The first kappa shape index (κ1) is 65.3. The van der Waals surface area contributed by atoms with Crippen LogP contribution in [0.3, 0.4) is 0 Å². The number of nitrogen functional groups attached to an aromatic ring is 1. The number of nitrogens with two attached hydrogens (primary N) is 1. The number of methoxy groups -OCH3 is 2. The molecule has 18 heteroatoms. The number of aromatic nitrogens is 4. The number of Topliss-reactive ketones (excluding diaryl/α,β-unsaturated/α-hetero) is 2. The standard InChI is InChI=1S/C63H89N7O11/c1-14-39(7)57(53(78-12)35-55(73)70-30-20-25-50(70)59(79-13)41(9)51(71)31-40(8)58(74)45-21-17-16-18-22-45)69(11)61(75)49(37(3)4)34-52(72)56(38(5)6)42(10)62(76)80-36-43-26-28-48(29-27-43)81-63(77)44(15-2)33-54-65-67-60(68-66-54)46-23-19-24-47(64)32-46/h16-19,21-24,26-29,32,37-42,44,49-50,53,56-59,74H,14-15,20,25,30-31,33-36,64H2,1-13H3/t39-,40-,41-,42?,44?,49-,50-,53+,56+,57-,58+,59+/m0/s1. The van der Waals surface area contributed by atoms with Crippen LogP contribution in [0.1, 0.15) is 137 Å². The van der Waals surface area contributed by atoms with Crippen LogP contribution in [0.15, 0.2) is 78.9 Å². The van der Waals surface area contributed by atoms with Crippen molar-refractivity contribution in [2.45, 2.75) is 158 Å². The van der Waals surface area contributed by atoms with Crippen LogP contribution in [0.5, 0.6) is 5.75 Å². The predicted octanol–water partition coefficient (Wildman–Crippen LogP) is 9.12. The van der Waals surface area contributed by atoms with Gasteiger partial charge in [-0.3, -0.25) is 28.8 Å². The van der Waals surface area contributed by atoms with Crippen molar-refractivity contribution in [3.63, 3.8) is 0 Å². The highest BCUT2D eigenvalue weighted by Gasteiger charge is 2.44. The average molecular weight is 1120 g/mol. The van der Waals surface area contributed by atoms with Gasteiger partial charge in [0.05, 0.1) is 48.7 Å². The van der Waals surface area contributed by atoms with Gasteiger partial charge in [0.25, 0.3) is 0 Å². The molecule has 18 nitrogen and oxygen atoms in total. The SMILES string of the molecule is CCC(Cc1nnc(-c2cccc(N)c2)nn1)C(=O)Oc1ccc(COC(=O)C(C)[C@H](C(=O)C[C@H](C(=O)N(C)[C@@H]([C@@H](C)CC)[C@@H](CC(=O)N2CCC[C@H]2[C@H](OC)[C@@H](C)C(=O)C[C@H](C)[C@@H](O)c2ccccc2)OC)C(C)C)C(C)C)cc1. The maximum atomic E-state index is 14.8. The quantitative estimate of drug-likeness (QED) is 0.0271. The first-order chi connectivity index (χ1) is 38.5. The number of hydrogen-bond donors (Lipinski definition) is 2. The van der Waals surface area contributed by atoms with Crippen LogP contribution >= 0.6 is 0 Å². The van der Waals surface area contributed by atoms with Crippen LogP contribution in [0.2, 0.25) is 0 Å². The molecule has 1 aromatic heterocycles. The number of ether oxygens (including phenoxy) is 4. The molecule has 1 aliphatic rings. The van der Waals surface area contributed by atoms with E-state index in [9.17, 15) is 33.9 Å². The number of likely N-dealkylation sites (tertiary alicyclic amines) is 1. The maximum absolute atomic E-state index is 14.8. The second-order valence-corrected chi connectivity index (χ2v) is 22.9. The Balaban J connectivity index is 1.18. The number of likely N-dealkylation sites (N-methyl/N-ethyl adjacent to an activating group) is 1. The summed E-state index contributed by atoms with van der Waals surface area (Å²) in [5.74, 6) is -5.14. The van der Waals surface area contributed by atoms with Gasteiger partial charge in [-0.15, -0.1) is 20.4 Å². The van der Waals surface area contributed by atoms with Gasteiger partial charge in [0.1, 0.15) is 23.9 Å². The number of aliphatic hydroxyl groups excluding tert-OH is 1. The predicted molar refractivity (Wildman–Crippen MR) is 309 cm³/mol. The Morgan fingerprint density at radius 2 is 1.41 bits per heavy atom. The van der Waals surface area contributed by atoms with Gasteiger partial charge in [-0.05, 0) is 78.3 Å². The lowest BCUT2D eigenvalue weighted by Crippen LogP contribution is -2.54. The van der Waals surface area contributed by atoms with Gasteiger partial charge >= 0.3 is 11.9 Å². The number of carbonyl (C=O) groups excluding carboxylic acids is 6. The fourth-order valence-electron chi connectivity index (χ4n) is 11.4. The van der Waals surface area contributed by atoms with Crippen molar-refractivity contribution in [1.82, 2.24) is 30.2 Å². The Morgan fingerprint density at radius 3 is 1.99 bits per heavy atom. The number of aliphatic hydroxyl groups is 1. The third-order valence-electron chi connectivity index (χ3n) is 16.5. The summed E-state index contributed by atoms with van der Waals surface area (Å²) in [6.07, 6.45) is 0.657. The Labute approximate surface area is 479 Å². The fraction of sp³-hybridized carbons (Fsp3) is 0.587. The Bertz CT molecular complexity index is 2670. The average Bonchev–Trinajstić information content (AvgIpc) is 4.00. The van der Waals surface area contributed by atoms with Crippen molar-refractivity contribution in [3.05, 3.63) is 95.8 Å². The third-order valence-corrected chi connectivity index (χ3v) is 16.5. The normalized spacial score (nSPS) is 17.7. The molecule has 0 aliphatic carbocycles. The minimum absolute atomic E-state index is 0.0215. The summed E-state index contributed by atoms with van der Waals surface area (Å²) in [5.41, 5.74) is 8.51. The fourth-order valence-corrected chi connectivity index (χ4v) is 11.4. The summed E-state index contributed by atoms with van der Waals surface area (Å²) < 4.78 is 23.6. The van der Waals surface area contributed by atoms with Crippen LogP contribution in [-0.2, 0) is 56.0 Å². The molecule has 442 valence electrons. The smallest absolute Gasteiger partial charge is 0.314 e. The molecular formula is C63H89N7O11. The van der Waals surface area contributed by atoms with Crippen molar-refractivity contribution in [2.75, 3.05) is 33.5 Å². The summed E-state index contributed by atoms with van der Waals surface area (Å²) in [4.78, 5) is 87.9. The molecule has 0 saturated carbocycles. The van der Waals surface area contributed by atoms with E-state index in [1.165, 1.54) is 0 Å². The molecule has 5 rings (SSSR count). The molecular weight excluding hydrogens is 1030 g/mol. The second-order valence-electron chi connectivity index (χ2n) is 22.9. The van der Waals surface area contributed by atoms with Gasteiger partial charge < -0.3 is 39.6 Å². The van der Waals surface area contributed by atoms with Crippen LogP contribution in [0.4, 0.5) is 5.69 Å². The number of benzene rings is 3. The highest BCUT2D eigenvalue weighted by Crippen LogP contribution is 2.34. The minimum atomic E-state index is -0.826. The van der Waals surface area contributed by atoms with Gasteiger partial charge in [-0.25, -0.2) is 0 Å². The van der Waals surface area contributed by atoms with Crippen molar-refractivity contribution in [2.24, 2.45) is 53.3 Å². The van der Waals surface area contributed by atoms with E-state index in [1.54, 1.807) is 86.5 Å². The molecule has 4 aromatic rings. The molecule has 1 aliphatic heterocycles. The van der Waals surface area contributed by atoms with E-state index in [4.69, 9.17) is 24.7 Å². The number of esters is 2. The summed E-state index contributed by atoms with van der Waals surface area (Å²) in [7, 11) is 4.82. The van der Waals surface area contributed by atoms with E-state index in [-0.39, 0.29) is 85.4 Å². The zero-order valence-corrected chi connectivity index (χ0v) is 49.9. The molecule has 0 bridgehead atoms. The molecule has 2 amide bonds. The van der Waals surface area contributed by atoms with E-state index in [1.807, 2.05) is 92.6 Å². The van der Waals surface area contributed by atoms with E-state index in [2.05, 4.69) is 20.4 Å². The van der Waals surface area contributed by atoms with Crippen molar-refractivity contribution >= 4 is 41.0 Å². The monoisotopic (exact) mass is 1120 g/mol. The summed E-state index contributed by atoms with van der Waals surface area (Å²) in [6, 6.07) is 22.1. The van der Waals surface area contributed by atoms with E-state index in [0.717, 1.165) is 12.0 Å². The lowest BCUT2D eigenvalue weighted by Gasteiger charge is -2.41. The topological polar surface area (TPSA) is 244 Å². The minimum Gasteiger partial charge on any atom is -0.461 e. The van der Waals surface area contributed by atoms with Crippen LogP contribution in [0, 0.1) is 53.3 Å². The second kappa shape index (κ2) is 31.1. The lowest BCUT2D eigenvalue weighted by molar-refractivity contribution is -0.155. The van der Waals surface area contributed by atoms with Crippen LogP contribution in [-0.4, -0.2) is 123 Å². The van der Waals surface area contributed by atoms with Crippen LogP contribution in [0.25, 0.3) is 11.4 Å². The molecule has 1 fully saturated rings. The molecule has 81 heavy (non-hydrogen) atoms. The third kappa shape index (κ3) is 17.5. The zero-order chi connectivity index (χ0) is 59.7. The number of carbonyl (C=O) groups is 6. The molecule has 0 radical (unpaired) electrons. The Morgan fingerprint density at radius 1 is 0.741 bits per heavy atom. The van der Waals surface area contributed by atoms with Crippen LogP contribution < -0.4 is 10.5 Å². The van der Waals surface area contributed by atoms with Gasteiger partial charge in [-0.2, -0.15) is 0 Å². The first-order valence-electron chi connectivity index (χ1n) is 28.8. The molecule has 3 aromatic carbocycles. The molecule has 2 unspecified atom stereocenters. The summed E-state index contributed by atoms with van der Waals surface area (Å²) in [6.45, 7) is 19.2. The molecule has 3 N–H and O–H groups in total. The largest absolute Gasteiger partial charge is 0.461 e.